The van der Waals surface area contributed by atoms with Crippen LogP contribution < -0.4 is 16.4 Å². The molecule has 0 bridgehead atoms. The predicted octanol–water partition coefficient (Wildman–Crippen LogP) is 2.79. The molecule has 7 nitrogen and oxygen atoms in total. The molecule has 0 radical (unpaired) electrons. The van der Waals surface area contributed by atoms with Gasteiger partial charge in [-0.05, 0) is 51.8 Å². The van der Waals surface area contributed by atoms with Crippen LogP contribution in [-0.4, -0.2) is 41.8 Å². The lowest BCUT2D eigenvalue weighted by molar-refractivity contribution is 0.0191. The molecule has 1 aliphatic heterocycles. The Hall–Kier alpha value is -2.44. The summed E-state index contributed by atoms with van der Waals surface area (Å²) in [4.78, 5) is 25.9. The van der Waals surface area contributed by atoms with E-state index in [1.807, 2.05) is 20.8 Å². The van der Waals surface area contributed by atoms with E-state index < -0.39 is 5.60 Å². The van der Waals surface area contributed by atoms with E-state index in [9.17, 15) is 9.59 Å². The summed E-state index contributed by atoms with van der Waals surface area (Å²) >= 11 is 0. The number of likely N-dealkylation sites (tertiary alicyclic amines) is 1. The molecule has 0 aliphatic carbocycles. The fourth-order valence-corrected chi connectivity index (χ4v) is 2.56. The highest BCUT2D eigenvalue weighted by molar-refractivity contribution is 5.90. The van der Waals surface area contributed by atoms with Crippen molar-refractivity contribution >= 4 is 23.5 Å². The number of carbonyl (C=O) groups is 2. The average molecular weight is 334 g/mol. The van der Waals surface area contributed by atoms with Crippen LogP contribution in [0, 0.1) is 0 Å². The second kappa shape index (κ2) is 7.42. The van der Waals surface area contributed by atoms with E-state index in [0.717, 1.165) is 12.8 Å². The quantitative estimate of drug-likeness (QED) is 0.725. The van der Waals surface area contributed by atoms with Gasteiger partial charge in [0, 0.05) is 30.5 Å². The lowest BCUT2D eigenvalue weighted by Crippen LogP contribution is -2.51. The highest BCUT2D eigenvalue weighted by Gasteiger charge is 2.28. The Morgan fingerprint density at radius 1 is 1.33 bits per heavy atom. The summed E-state index contributed by atoms with van der Waals surface area (Å²) in [6, 6.07) is 6.57. The standard InChI is InChI=1S/C17H26N4O3/c1-17(2,3)24-16(23)21-9-5-8-14(11-21)20-15(22)19-13-7-4-6-12(18)10-13/h4,6-7,10,14H,5,8-9,11,18H2,1-3H3,(H2,19,20,22)/t14-/m1/s1. The maximum absolute atomic E-state index is 12.1. The molecule has 24 heavy (non-hydrogen) atoms. The van der Waals surface area contributed by atoms with Gasteiger partial charge in [-0.25, -0.2) is 9.59 Å². The molecule has 1 atom stereocenters. The Morgan fingerprint density at radius 2 is 2.08 bits per heavy atom. The molecule has 4 N–H and O–H groups in total. The molecule has 0 saturated carbocycles. The number of piperidine rings is 1. The summed E-state index contributed by atoms with van der Waals surface area (Å²) in [5.41, 5.74) is 6.38. The zero-order chi connectivity index (χ0) is 17.7. The minimum absolute atomic E-state index is 0.104. The van der Waals surface area contributed by atoms with Crippen LogP contribution in [0.4, 0.5) is 21.0 Å². The topological polar surface area (TPSA) is 96.7 Å². The molecule has 1 saturated heterocycles. The molecule has 1 aromatic rings. The van der Waals surface area contributed by atoms with Crippen LogP contribution in [0.2, 0.25) is 0 Å². The van der Waals surface area contributed by atoms with Gasteiger partial charge in [-0.3, -0.25) is 0 Å². The van der Waals surface area contributed by atoms with Crippen molar-refractivity contribution in [2.24, 2.45) is 0 Å². The second-order valence-electron chi connectivity index (χ2n) is 6.99. The van der Waals surface area contributed by atoms with Crippen LogP contribution in [0.3, 0.4) is 0 Å². The minimum Gasteiger partial charge on any atom is -0.444 e. The number of rotatable bonds is 2. The van der Waals surface area contributed by atoms with E-state index in [0.29, 0.717) is 24.5 Å². The third-order valence-electron chi connectivity index (χ3n) is 3.55. The summed E-state index contributed by atoms with van der Waals surface area (Å²) < 4.78 is 5.38. The zero-order valence-corrected chi connectivity index (χ0v) is 14.5. The molecule has 0 spiro atoms. The zero-order valence-electron chi connectivity index (χ0n) is 14.5. The lowest BCUT2D eigenvalue weighted by Gasteiger charge is -2.34. The fraction of sp³-hybridized carbons (Fsp3) is 0.529. The Kier molecular flexibility index (Phi) is 5.54. The first-order valence-electron chi connectivity index (χ1n) is 8.14. The Morgan fingerprint density at radius 3 is 2.75 bits per heavy atom. The number of benzene rings is 1. The van der Waals surface area contributed by atoms with Crippen molar-refractivity contribution in [3.8, 4) is 0 Å². The molecule has 0 unspecified atom stereocenters. The largest absolute Gasteiger partial charge is 0.444 e. The van der Waals surface area contributed by atoms with Crippen molar-refractivity contribution in [2.45, 2.75) is 45.3 Å². The number of amides is 3. The molecule has 1 heterocycles. The molecular weight excluding hydrogens is 308 g/mol. The monoisotopic (exact) mass is 334 g/mol. The van der Waals surface area contributed by atoms with Crippen LogP contribution in [0.1, 0.15) is 33.6 Å². The summed E-state index contributed by atoms with van der Waals surface area (Å²) in [6.45, 7) is 6.60. The predicted molar refractivity (Wildman–Crippen MR) is 93.8 cm³/mol. The molecule has 1 aliphatic rings. The summed E-state index contributed by atoms with van der Waals surface area (Å²) in [7, 11) is 0. The van der Waals surface area contributed by atoms with Crippen LogP contribution in [0.5, 0.6) is 0 Å². The summed E-state index contributed by atoms with van der Waals surface area (Å²) in [5, 5.41) is 5.64. The smallest absolute Gasteiger partial charge is 0.410 e. The van der Waals surface area contributed by atoms with E-state index >= 15 is 0 Å². The maximum Gasteiger partial charge on any atom is 0.410 e. The number of nitrogens with zero attached hydrogens (tertiary/aromatic N) is 1. The van der Waals surface area contributed by atoms with Crippen molar-refractivity contribution in [1.82, 2.24) is 10.2 Å². The van der Waals surface area contributed by atoms with Gasteiger partial charge in [-0.2, -0.15) is 0 Å². The van der Waals surface area contributed by atoms with Gasteiger partial charge in [0.05, 0.1) is 0 Å². The molecule has 132 valence electrons. The molecule has 3 amide bonds. The van der Waals surface area contributed by atoms with E-state index in [1.54, 1.807) is 29.2 Å². The van der Waals surface area contributed by atoms with E-state index in [-0.39, 0.29) is 18.2 Å². The normalized spacial score (nSPS) is 18.0. The van der Waals surface area contributed by atoms with E-state index in [1.165, 1.54) is 0 Å². The van der Waals surface area contributed by atoms with Gasteiger partial charge in [0.1, 0.15) is 5.60 Å². The van der Waals surface area contributed by atoms with Gasteiger partial charge < -0.3 is 26.0 Å². The first kappa shape index (κ1) is 17.9. The van der Waals surface area contributed by atoms with E-state index in [2.05, 4.69) is 10.6 Å². The van der Waals surface area contributed by atoms with Gasteiger partial charge in [-0.1, -0.05) is 6.07 Å². The highest BCUT2D eigenvalue weighted by Crippen LogP contribution is 2.16. The van der Waals surface area contributed by atoms with Gasteiger partial charge in [-0.15, -0.1) is 0 Å². The van der Waals surface area contributed by atoms with E-state index in [4.69, 9.17) is 10.5 Å². The first-order chi connectivity index (χ1) is 11.2. The summed E-state index contributed by atoms with van der Waals surface area (Å²) in [6.07, 6.45) is 1.30. The Balaban J connectivity index is 1.86. The van der Waals surface area contributed by atoms with Crippen LogP contribution in [0.25, 0.3) is 0 Å². The third kappa shape index (κ3) is 5.64. The van der Waals surface area contributed by atoms with Crippen molar-refractivity contribution < 1.29 is 14.3 Å². The van der Waals surface area contributed by atoms with Gasteiger partial charge in [0.15, 0.2) is 0 Å². The van der Waals surface area contributed by atoms with Crippen LogP contribution >= 0.6 is 0 Å². The first-order valence-corrected chi connectivity index (χ1v) is 8.14. The molecule has 7 heteroatoms. The number of nitrogens with two attached hydrogens (primary N) is 1. The molecule has 2 rings (SSSR count). The van der Waals surface area contributed by atoms with Crippen LogP contribution in [-0.2, 0) is 4.74 Å². The SMILES string of the molecule is CC(C)(C)OC(=O)N1CCC[C@@H](NC(=O)Nc2cccc(N)c2)C1. The number of anilines is 2. The highest BCUT2D eigenvalue weighted by atomic mass is 16.6. The number of nitrogen functional groups attached to an aromatic ring is 1. The Bertz CT molecular complexity index is 598. The van der Waals surface area contributed by atoms with Crippen molar-refractivity contribution in [1.29, 1.82) is 0 Å². The van der Waals surface area contributed by atoms with Crippen molar-refractivity contribution in [2.75, 3.05) is 24.1 Å². The van der Waals surface area contributed by atoms with Crippen molar-refractivity contribution in [3.05, 3.63) is 24.3 Å². The van der Waals surface area contributed by atoms with Crippen molar-refractivity contribution in [3.63, 3.8) is 0 Å². The third-order valence-corrected chi connectivity index (χ3v) is 3.55. The van der Waals surface area contributed by atoms with Gasteiger partial charge in [0.2, 0.25) is 0 Å². The lowest BCUT2D eigenvalue weighted by atomic mass is 10.1. The number of hydrogen-bond donors (Lipinski definition) is 3. The second-order valence-corrected chi connectivity index (χ2v) is 6.99. The van der Waals surface area contributed by atoms with Crippen LogP contribution in [0.15, 0.2) is 24.3 Å². The van der Waals surface area contributed by atoms with Gasteiger partial charge >= 0.3 is 12.1 Å². The maximum atomic E-state index is 12.1. The Labute approximate surface area is 142 Å². The number of carbonyl (C=O) groups excluding carboxylic acids is 2. The fourth-order valence-electron chi connectivity index (χ4n) is 2.56. The average Bonchev–Trinajstić information content (AvgIpc) is 2.45. The molecular formula is C17H26N4O3. The molecule has 1 fully saturated rings. The molecule has 0 aromatic heterocycles. The summed E-state index contributed by atoms with van der Waals surface area (Å²) in [5.74, 6) is 0. The molecule has 1 aromatic carbocycles. The minimum atomic E-state index is -0.526. The number of ether oxygens (including phenoxy) is 1. The number of hydrogen-bond acceptors (Lipinski definition) is 4. The number of urea groups is 1. The van der Waals surface area contributed by atoms with Gasteiger partial charge in [0.25, 0.3) is 0 Å². The number of nitrogens with one attached hydrogen (secondary N) is 2.